The highest BCUT2D eigenvalue weighted by atomic mass is 32.1. The molecule has 3 N–H and O–H groups in total. The Morgan fingerprint density at radius 3 is 2.71 bits per heavy atom. The van der Waals surface area contributed by atoms with Crippen LogP contribution >= 0.6 is 11.3 Å². The zero-order valence-corrected chi connectivity index (χ0v) is 12.5. The first-order valence-corrected chi connectivity index (χ1v) is 7.54. The molecule has 1 heterocycles. The number of fused-ring (bicyclic) bond motifs is 1. The molecule has 0 aliphatic heterocycles. The molecule has 0 spiro atoms. The van der Waals surface area contributed by atoms with Crippen molar-refractivity contribution < 1.29 is 14.3 Å². The number of amides is 1. The lowest BCUT2D eigenvalue weighted by molar-refractivity contribution is -0.120. The fourth-order valence-corrected chi connectivity index (χ4v) is 3.40. The third kappa shape index (κ3) is 2.30. The maximum absolute atomic E-state index is 12.4. The molecule has 1 aliphatic carbocycles. The Morgan fingerprint density at radius 1 is 1.38 bits per heavy atom. The predicted molar refractivity (Wildman–Crippen MR) is 82.5 cm³/mol. The minimum absolute atomic E-state index is 0.112. The first-order chi connectivity index (χ1) is 10.1. The minimum atomic E-state index is -0.462. The maximum Gasteiger partial charge on any atom is 0.350 e. The second-order valence-electron chi connectivity index (χ2n) is 5.23. The number of anilines is 1. The van der Waals surface area contributed by atoms with Gasteiger partial charge in [0.2, 0.25) is 5.91 Å². The van der Waals surface area contributed by atoms with Crippen LogP contribution in [0.5, 0.6) is 0 Å². The van der Waals surface area contributed by atoms with Crippen LogP contribution in [-0.4, -0.2) is 25.5 Å². The van der Waals surface area contributed by atoms with E-state index in [1.165, 1.54) is 18.4 Å². The van der Waals surface area contributed by atoms with Crippen molar-refractivity contribution in [3.63, 3.8) is 0 Å². The van der Waals surface area contributed by atoms with Gasteiger partial charge in [0.05, 0.1) is 18.2 Å². The first kappa shape index (κ1) is 14.0. The highest BCUT2D eigenvalue weighted by Crippen LogP contribution is 2.46. The fraction of sp³-hybridized carbons (Fsp3) is 0.333. The molecule has 1 aromatic carbocycles. The topological polar surface area (TPSA) is 81.4 Å². The van der Waals surface area contributed by atoms with Crippen LogP contribution in [0.4, 0.5) is 5.69 Å². The molecule has 1 fully saturated rings. The number of thiophene rings is 1. The number of carbonyl (C=O) groups is 2. The van der Waals surface area contributed by atoms with Crippen LogP contribution < -0.4 is 11.1 Å². The maximum atomic E-state index is 12.4. The molecule has 1 aromatic heterocycles. The van der Waals surface area contributed by atoms with Crippen molar-refractivity contribution in [2.75, 3.05) is 19.0 Å². The van der Waals surface area contributed by atoms with E-state index >= 15 is 0 Å². The molecule has 1 aliphatic rings. The summed E-state index contributed by atoms with van der Waals surface area (Å²) in [6, 6.07) is 7.57. The van der Waals surface area contributed by atoms with Gasteiger partial charge in [0, 0.05) is 16.6 Å². The van der Waals surface area contributed by atoms with E-state index in [0.29, 0.717) is 17.1 Å². The molecule has 0 saturated heterocycles. The van der Waals surface area contributed by atoms with E-state index in [1.54, 1.807) is 0 Å². The highest BCUT2D eigenvalue weighted by molar-refractivity contribution is 7.21. The van der Waals surface area contributed by atoms with Crippen molar-refractivity contribution in [2.24, 2.45) is 11.1 Å². The van der Waals surface area contributed by atoms with E-state index in [4.69, 9.17) is 10.5 Å². The molecule has 5 nitrogen and oxygen atoms in total. The summed E-state index contributed by atoms with van der Waals surface area (Å²) < 4.78 is 5.75. The van der Waals surface area contributed by atoms with Crippen LogP contribution in [0.25, 0.3) is 10.1 Å². The Kier molecular flexibility index (Phi) is 3.43. The van der Waals surface area contributed by atoms with Crippen molar-refractivity contribution in [3.05, 3.63) is 29.1 Å². The number of carbonyl (C=O) groups excluding carboxylic acids is 2. The zero-order chi connectivity index (χ0) is 15.0. The summed E-state index contributed by atoms with van der Waals surface area (Å²) in [5, 5.41) is 3.74. The standard InChI is InChI=1S/C15H16N2O3S/c1-20-13(18)12-11(9-4-2-3-5-10(9)21-12)17-14(19)15(8-16)6-7-15/h2-5H,6-8,16H2,1H3,(H,17,19). The van der Waals surface area contributed by atoms with Crippen LogP contribution in [0.15, 0.2) is 24.3 Å². The van der Waals surface area contributed by atoms with Gasteiger partial charge < -0.3 is 15.8 Å². The summed E-state index contributed by atoms with van der Waals surface area (Å²) in [6.07, 6.45) is 1.59. The van der Waals surface area contributed by atoms with Crippen LogP contribution in [0.2, 0.25) is 0 Å². The van der Waals surface area contributed by atoms with Crippen LogP contribution in [0.1, 0.15) is 22.5 Å². The van der Waals surface area contributed by atoms with Crippen molar-refractivity contribution in [2.45, 2.75) is 12.8 Å². The summed E-state index contributed by atoms with van der Waals surface area (Å²) >= 11 is 1.32. The van der Waals surface area contributed by atoms with E-state index in [-0.39, 0.29) is 5.91 Å². The minimum Gasteiger partial charge on any atom is -0.465 e. The zero-order valence-electron chi connectivity index (χ0n) is 11.6. The lowest BCUT2D eigenvalue weighted by Crippen LogP contribution is -2.31. The third-order valence-corrected chi connectivity index (χ3v) is 5.08. The van der Waals surface area contributed by atoms with Crippen LogP contribution in [0, 0.1) is 5.41 Å². The van der Waals surface area contributed by atoms with Gasteiger partial charge in [-0.15, -0.1) is 11.3 Å². The number of esters is 1. The molecule has 3 rings (SSSR count). The lowest BCUT2D eigenvalue weighted by atomic mass is 10.1. The number of benzene rings is 1. The Balaban J connectivity index is 2.03. The molecule has 0 bridgehead atoms. The van der Waals surface area contributed by atoms with Gasteiger partial charge in [0.1, 0.15) is 4.88 Å². The molecule has 110 valence electrons. The first-order valence-electron chi connectivity index (χ1n) is 6.73. The molecule has 2 aromatic rings. The second kappa shape index (κ2) is 5.13. The predicted octanol–water partition coefficient (Wildman–Crippen LogP) is 2.37. The third-order valence-electron chi connectivity index (χ3n) is 3.93. The second-order valence-corrected chi connectivity index (χ2v) is 6.28. The molecule has 0 atom stereocenters. The molecular formula is C15H16N2O3S. The summed E-state index contributed by atoms with van der Waals surface area (Å²) in [5.41, 5.74) is 5.76. The fourth-order valence-electron chi connectivity index (χ4n) is 2.33. The monoisotopic (exact) mass is 304 g/mol. The van der Waals surface area contributed by atoms with Gasteiger partial charge in [0.25, 0.3) is 0 Å². The average molecular weight is 304 g/mol. The highest BCUT2D eigenvalue weighted by Gasteiger charge is 2.48. The Morgan fingerprint density at radius 2 is 2.10 bits per heavy atom. The van der Waals surface area contributed by atoms with E-state index in [0.717, 1.165) is 22.9 Å². The van der Waals surface area contributed by atoms with Gasteiger partial charge >= 0.3 is 5.97 Å². The summed E-state index contributed by atoms with van der Waals surface area (Å²) in [6.45, 7) is 0.328. The van der Waals surface area contributed by atoms with Gasteiger partial charge in [-0.3, -0.25) is 4.79 Å². The number of hydrogen-bond acceptors (Lipinski definition) is 5. The van der Waals surface area contributed by atoms with Gasteiger partial charge in [-0.05, 0) is 18.9 Å². The number of ether oxygens (including phenoxy) is 1. The van der Waals surface area contributed by atoms with E-state index in [1.807, 2.05) is 24.3 Å². The van der Waals surface area contributed by atoms with E-state index in [9.17, 15) is 9.59 Å². The molecule has 0 radical (unpaired) electrons. The number of hydrogen-bond donors (Lipinski definition) is 2. The SMILES string of the molecule is COC(=O)c1sc2ccccc2c1NC(=O)C1(CN)CC1. The summed E-state index contributed by atoms with van der Waals surface area (Å²) in [7, 11) is 1.33. The number of methoxy groups -OCH3 is 1. The number of nitrogens with two attached hydrogens (primary N) is 1. The van der Waals surface area contributed by atoms with Crippen LogP contribution in [0.3, 0.4) is 0 Å². The normalized spacial score (nSPS) is 15.7. The Hall–Kier alpha value is -1.92. The number of nitrogens with one attached hydrogen (secondary N) is 1. The molecule has 0 unspecified atom stereocenters. The van der Waals surface area contributed by atoms with Gasteiger partial charge in [-0.1, -0.05) is 18.2 Å². The summed E-state index contributed by atoms with van der Waals surface area (Å²) in [4.78, 5) is 24.7. The average Bonchev–Trinajstić information content (AvgIpc) is 3.24. The number of rotatable bonds is 4. The lowest BCUT2D eigenvalue weighted by Gasteiger charge is -2.13. The Labute approximate surface area is 126 Å². The largest absolute Gasteiger partial charge is 0.465 e. The van der Waals surface area contributed by atoms with Gasteiger partial charge in [0.15, 0.2) is 0 Å². The van der Waals surface area contributed by atoms with Crippen LogP contribution in [-0.2, 0) is 9.53 Å². The summed E-state index contributed by atoms with van der Waals surface area (Å²) in [5.74, 6) is -0.553. The van der Waals surface area contributed by atoms with E-state index < -0.39 is 11.4 Å². The quantitative estimate of drug-likeness (QED) is 0.850. The smallest absolute Gasteiger partial charge is 0.350 e. The molecule has 6 heteroatoms. The molecule has 21 heavy (non-hydrogen) atoms. The Bertz CT molecular complexity index is 719. The van der Waals surface area contributed by atoms with Gasteiger partial charge in [-0.2, -0.15) is 0 Å². The molecular weight excluding hydrogens is 288 g/mol. The van der Waals surface area contributed by atoms with Crippen molar-refractivity contribution >= 4 is 39.0 Å². The van der Waals surface area contributed by atoms with Gasteiger partial charge in [-0.25, -0.2) is 4.79 Å². The van der Waals surface area contributed by atoms with E-state index in [2.05, 4.69) is 5.32 Å². The van der Waals surface area contributed by atoms with Crippen molar-refractivity contribution in [1.29, 1.82) is 0 Å². The van der Waals surface area contributed by atoms with Crippen molar-refractivity contribution in [1.82, 2.24) is 0 Å². The molecule has 1 amide bonds. The van der Waals surface area contributed by atoms with Crippen molar-refractivity contribution in [3.8, 4) is 0 Å². The molecule has 1 saturated carbocycles.